The minimum absolute atomic E-state index is 0.110. The zero-order valence-electron chi connectivity index (χ0n) is 11.5. The predicted molar refractivity (Wildman–Crippen MR) is 72.0 cm³/mol. The lowest BCUT2D eigenvalue weighted by Gasteiger charge is -2.17. The van der Waals surface area contributed by atoms with Gasteiger partial charge in [0.25, 0.3) is 0 Å². The van der Waals surface area contributed by atoms with Crippen LogP contribution in [0, 0.1) is 24.5 Å². The van der Waals surface area contributed by atoms with Crippen molar-refractivity contribution in [2.75, 3.05) is 5.32 Å². The van der Waals surface area contributed by atoms with Crippen LogP contribution in [0.2, 0.25) is 0 Å². The summed E-state index contributed by atoms with van der Waals surface area (Å²) in [5, 5.41) is 13.4. The molecule has 0 aromatic heterocycles. The summed E-state index contributed by atoms with van der Waals surface area (Å²) >= 11 is 0. The van der Waals surface area contributed by atoms with E-state index >= 15 is 0 Å². The van der Waals surface area contributed by atoms with Gasteiger partial charge in [0.1, 0.15) is 11.5 Å². The van der Waals surface area contributed by atoms with E-state index in [1.807, 2.05) is 0 Å². The Morgan fingerprint density at radius 3 is 2.62 bits per heavy atom. The topological polar surface area (TPSA) is 78.4 Å². The van der Waals surface area contributed by atoms with Gasteiger partial charge >= 0.3 is 12.0 Å². The van der Waals surface area contributed by atoms with Gasteiger partial charge in [-0.15, -0.1) is 0 Å². The first-order chi connectivity index (χ1) is 9.88. The SMILES string of the molecule is Cc1ccc(F)c(NC(=O)NC(CC(=O)O)C2CC2)c1F. The summed E-state index contributed by atoms with van der Waals surface area (Å²) in [6, 6.07) is 0.990. The van der Waals surface area contributed by atoms with Crippen LogP contribution in [0.15, 0.2) is 12.1 Å². The van der Waals surface area contributed by atoms with Crippen LogP contribution < -0.4 is 10.6 Å². The van der Waals surface area contributed by atoms with Crippen LogP contribution in [0.1, 0.15) is 24.8 Å². The Labute approximate surface area is 120 Å². The molecule has 7 heteroatoms. The molecule has 5 nitrogen and oxygen atoms in total. The molecule has 3 N–H and O–H groups in total. The number of hydrogen-bond donors (Lipinski definition) is 3. The average Bonchev–Trinajstić information content (AvgIpc) is 3.22. The molecule has 2 amide bonds. The molecule has 1 aliphatic rings. The van der Waals surface area contributed by atoms with Crippen LogP contribution in [-0.2, 0) is 4.79 Å². The lowest BCUT2D eigenvalue weighted by molar-refractivity contribution is -0.137. The number of rotatable bonds is 5. The number of carboxylic acids is 1. The Kier molecular flexibility index (Phi) is 4.40. The Hall–Kier alpha value is -2.18. The monoisotopic (exact) mass is 298 g/mol. The Morgan fingerprint density at radius 2 is 2.05 bits per heavy atom. The third kappa shape index (κ3) is 3.90. The summed E-state index contributed by atoms with van der Waals surface area (Å²) in [6.07, 6.45) is 1.47. The molecule has 1 atom stereocenters. The van der Waals surface area contributed by atoms with E-state index in [0.29, 0.717) is 0 Å². The van der Waals surface area contributed by atoms with E-state index in [9.17, 15) is 18.4 Å². The zero-order valence-corrected chi connectivity index (χ0v) is 11.5. The number of carbonyl (C=O) groups excluding carboxylic acids is 1. The quantitative estimate of drug-likeness (QED) is 0.782. The van der Waals surface area contributed by atoms with Crippen LogP contribution in [0.25, 0.3) is 0 Å². The number of carboxylic acid groups (broad SMARTS) is 1. The number of nitrogens with one attached hydrogen (secondary N) is 2. The van der Waals surface area contributed by atoms with Crippen molar-refractivity contribution in [3.05, 3.63) is 29.3 Å². The molecule has 0 heterocycles. The van der Waals surface area contributed by atoms with Gasteiger partial charge < -0.3 is 15.7 Å². The molecule has 2 rings (SSSR count). The molecule has 0 aliphatic heterocycles. The molecule has 114 valence electrons. The number of anilines is 1. The van der Waals surface area contributed by atoms with Gasteiger partial charge in [0, 0.05) is 6.04 Å². The van der Waals surface area contributed by atoms with Gasteiger partial charge in [-0.25, -0.2) is 13.6 Å². The first-order valence-corrected chi connectivity index (χ1v) is 6.62. The molecule has 21 heavy (non-hydrogen) atoms. The molecule has 0 radical (unpaired) electrons. The molecule has 1 fully saturated rings. The maximum absolute atomic E-state index is 13.8. The van der Waals surface area contributed by atoms with Crippen molar-refractivity contribution in [1.82, 2.24) is 5.32 Å². The molecule has 1 aromatic carbocycles. The molecule has 1 aliphatic carbocycles. The largest absolute Gasteiger partial charge is 0.481 e. The van der Waals surface area contributed by atoms with Gasteiger partial charge in [0.2, 0.25) is 0 Å². The normalized spacial score (nSPS) is 15.4. The second kappa shape index (κ2) is 6.07. The van der Waals surface area contributed by atoms with Crippen LogP contribution in [0.4, 0.5) is 19.3 Å². The van der Waals surface area contributed by atoms with Gasteiger partial charge in [-0.1, -0.05) is 6.07 Å². The van der Waals surface area contributed by atoms with Crippen molar-refractivity contribution in [2.24, 2.45) is 5.92 Å². The van der Waals surface area contributed by atoms with E-state index in [-0.39, 0.29) is 17.9 Å². The van der Waals surface area contributed by atoms with Gasteiger partial charge in [0.05, 0.1) is 6.42 Å². The van der Waals surface area contributed by atoms with Crippen LogP contribution in [-0.4, -0.2) is 23.1 Å². The van der Waals surface area contributed by atoms with Crippen molar-refractivity contribution in [2.45, 2.75) is 32.2 Å². The number of benzene rings is 1. The smallest absolute Gasteiger partial charge is 0.319 e. The number of carbonyl (C=O) groups is 2. The zero-order chi connectivity index (χ0) is 15.6. The number of urea groups is 1. The fourth-order valence-electron chi connectivity index (χ4n) is 2.11. The fourth-order valence-corrected chi connectivity index (χ4v) is 2.11. The molecule has 1 saturated carbocycles. The van der Waals surface area contributed by atoms with Crippen molar-refractivity contribution in [3.63, 3.8) is 0 Å². The highest BCUT2D eigenvalue weighted by molar-refractivity contribution is 5.90. The van der Waals surface area contributed by atoms with E-state index in [1.54, 1.807) is 0 Å². The summed E-state index contributed by atoms with van der Waals surface area (Å²) in [5.74, 6) is -2.64. The van der Waals surface area contributed by atoms with Crippen LogP contribution in [0.3, 0.4) is 0 Å². The minimum atomic E-state index is -1.03. The van der Waals surface area contributed by atoms with E-state index in [2.05, 4.69) is 10.6 Å². The highest BCUT2D eigenvalue weighted by atomic mass is 19.1. The van der Waals surface area contributed by atoms with E-state index in [1.165, 1.54) is 13.0 Å². The van der Waals surface area contributed by atoms with Crippen molar-refractivity contribution in [3.8, 4) is 0 Å². The summed E-state index contributed by atoms with van der Waals surface area (Å²) < 4.78 is 27.3. The van der Waals surface area contributed by atoms with E-state index in [4.69, 9.17) is 5.11 Å². The Bertz CT molecular complexity index is 574. The number of aliphatic carboxylic acids is 1. The standard InChI is InChI=1S/C14H16F2N2O3/c1-7-2-5-9(15)13(12(7)16)18-14(21)17-10(6-11(19)20)8-3-4-8/h2,5,8,10H,3-4,6H2,1H3,(H,19,20)(H2,17,18,21). The summed E-state index contributed by atoms with van der Waals surface area (Å²) in [5.41, 5.74) is -0.326. The highest BCUT2D eigenvalue weighted by Gasteiger charge is 2.34. The fraction of sp³-hybridized carbons (Fsp3) is 0.429. The third-order valence-corrected chi connectivity index (χ3v) is 3.42. The lowest BCUT2D eigenvalue weighted by atomic mass is 10.1. The van der Waals surface area contributed by atoms with Crippen LogP contribution in [0.5, 0.6) is 0 Å². The molecule has 1 unspecified atom stereocenters. The van der Waals surface area contributed by atoms with E-state index < -0.39 is 35.4 Å². The molecular weight excluding hydrogens is 282 g/mol. The summed E-state index contributed by atoms with van der Waals surface area (Å²) in [4.78, 5) is 22.5. The van der Waals surface area contributed by atoms with Gasteiger partial charge in [-0.2, -0.15) is 0 Å². The number of amides is 2. The first-order valence-electron chi connectivity index (χ1n) is 6.62. The van der Waals surface area contributed by atoms with Gasteiger partial charge in [-0.05, 0) is 37.3 Å². The Balaban J connectivity index is 2.04. The third-order valence-electron chi connectivity index (χ3n) is 3.42. The minimum Gasteiger partial charge on any atom is -0.481 e. The van der Waals surface area contributed by atoms with Crippen molar-refractivity contribution >= 4 is 17.7 Å². The summed E-state index contributed by atoms with van der Waals surface area (Å²) in [6.45, 7) is 1.45. The van der Waals surface area contributed by atoms with Gasteiger partial charge in [0.15, 0.2) is 5.82 Å². The first kappa shape index (κ1) is 15.2. The lowest BCUT2D eigenvalue weighted by Crippen LogP contribution is -2.41. The maximum Gasteiger partial charge on any atom is 0.319 e. The second-order valence-electron chi connectivity index (χ2n) is 5.19. The van der Waals surface area contributed by atoms with Crippen LogP contribution >= 0.6 is 0 Å². The second-order valence-corrected chi connectivity index (χ2v) is 5.19. The molecule has 1 aromatic rings. The number of halogens is 2. The number of aryl methyl sites for hydroxylation is 1. The van der Waals surface area contributed by atoms with Gasteiger partial charge in [-0.3, -0.25) is 4.79 Å². The summed E-state index contributed by atoms with van der Waals surface area (Å²) in [7, 11) is 0. The average molecular weight is 298 g/mol. The molecule has 0 bridgehead atoms. The predicted octanol–water partition coefficient (Wildman–Crippen LogP) is 2.65. The highest BCUT2D eigenvalue weighted by Crippen LogP contribution is 2.34. The molecular formula is C14H16F2N2O3. The molecule has 0 spiro atoms. The van der Waals surface area contributed by atoms with E-state index in [0.717, 1.165) is 18.9 Å². The van der Waals surface area contributed by atoms with Crippen molar-refractivity contribution in [1.29, 1.82) is 0 Å². The van der Waals surface area contributed by atoms with Crippen molar-refractivity contribution < 1.29 is 23.5 Å². The maximum atomic E-state index is 13.8. The molecule has 0 saturated heterocycles. The number of hydrogen-bond acceptors (Lipinski definition) is 2. The Morgan fingerprint density at radius 1 is 1.38 bits per heavy atom.